The number of likely N-dealkylation sites (N-methyl/N-ethyl adjacent to an activating group) is 1. The van der Waals surface area contributed by atoms with Crippen LogP contribution in [0.15, 0.2) is 35.5 Å². The summed E-state index contributed by atoms with van der Waals surface area (Å²) in [6.07, 6.45) is 0. The number of amides is 3. The minimum absolute atomic E-state index is 0.0249. The Morgan fingerprint density at radius 1 is 1.15 bits per heavy atom. The smallest absolute Gasteiger partial charge is 0.338 e. The third kappa shape index (κ3) is 5.51. The molecule has 1 aromatic carbocycles. The molecular weight excluding hydrogens is 440 g/mol. The molecule has 2 heterocycles. The number of nitrogens with zero attached hydrogens (tertiary/aromatic N) is 3. The molecule has 186 valence electrons. The first-order valence-electron chi connectivity index (χ1n) is 11.4. The van der Waals surface area contributed by atoms with Gasteiger partial charge >= 0.3 is 12.0 Å². The van der Waals surface area contributed by atoms with Crippen LogP contribution in [-0.2, 0) is 19.1 Å². The van der Waals surface area contributed by atoms with E-state index in [2.05, 4.69) is 10.2 Å². The summed E-state index contributed by atoms with van der Waals surface area (Å²) < 4.78 is 15.6. The molecule has 0 bridgehead atoms. The second kappa shape index (κ2) is 11.3. The van der Waals surface area contributed by atoms with Gasteiger partial charge in [0, 0.05) is 52.1 Å². The average molecular weight is 475 g/mol. The maximum atomic E-state index is 13.1. The fraction of sp³-hybridized carbons (Fsp3) is 0.542. The highest BCUT2D eigenvalue weighted by atomic mass is 16.5. The highest BCUT2D eigenvalue weighted by Crippen LogP contribution is 2.32. The second-order valence-corrected chi connectivity index (χ2v) is 8.40. The first-order valence-corrected chi connectivity index (χ1v) is 11.4. The molecule has 1 aromatic rings. The topological polar surface area (TPSA) is 101 Å². The molecule has 0 spiro atoms. The summed E-state index contributed by atoms with van der Waals surface area (Å²) in [5.41, 5.74) is 1.75. The minimum atomic E-state index is -0.648. The number of esters is 1. The van der Waals surface area contributed by atoms with Crippen molar-refractivity contribution in [3.05, 3.63) is 41.1 Å². The van der Waals surface area contributed by atoms with E-state index in [4.69, 9.17) is 14.2 Å². The molecule has 1 fully saturated rings. The van der Waals surface area contributed by atoms with Crippen LogP contribution in [0.3, 0.4) is 0 Å². The lowest BCUT2D eigenvalue weighted by Gasteiger charge is -2.42. The fourth-order valence-electron chi connectivity index (χ4n) is 4.41. The normalized spacial score (nSPS) is 21.4. The molecule has 0 radical (unpaired) electrons. The zero-order chi connectivity index (χ0) is 24.8. The maximum Gasteiger partial charge on any atom is 0.338 e. The summed E-state index contributed by atoms with van der Waals surface area (Å²) in [5, 5.41) is 2.92. The predicted molar refractivity (Wildman–Crippen MR) is 125 cm³/mol. The van der Waals surface area contributed by atoms with E-state index in [-0.39, 0.29) is 31.2 Å². The highest BCUT2D eigenvalue weighted by molar-refractivity contribution is 5.95. The van der Waals surface area contributed by atoms with E-state index in [1.807, 2.05) is 19.1 Å². The first kappa shape index (κ1) is 25.5. The van der Waals surface area contributed by atoms with E-state index in [0.29, 0.717) is 43.2 Å². The molecule has 10 nitrogen and oxygen atoms in total. The summed E-state index contributed by atoms with van der Waals surface area (Å²) in [7, 11) is 4.74. The monoisotopic (exact) mass is 474 g/mol. The van der Waals surface area contributed by atoms with Gasteiger partial charge in [0.2, 0.25) is 5.91 Å². The Morgan fingerprint density at radius 3 is 2.44 bits per heavy atom. The molecule has 0 saturated carbocycles. The molecule has 2 atom stereocenters. The number of methoxy groups -OCH3 is 2. The molecule has 0 aromatic heterocycles. The van der Waals surface area contributed by atoms with E-state index < -0.39 is 12.0 Å². The van der Waals surface area contributed by atoms with Gasteiger partial charge in [-0.15, -0.1) is 0 Å². The van der Waals surface area contributed by atoms with Crippen molar-refractivity contribution in [1.82, 2.24) is 20.0 Å². The van der Waals surface area contributed by atoms with Crippen molar-refractivity contribution in [2.75, 3.05) is 60.7 Å². The summed E-state index contributed by atoms with van der Waals surface area (Å²) in [5.74, 6) is 0.168. The lowest BCUT2D eigenvalue weighted by atomic mass is 9.94. The Balaban J connectivity index is 1.92. The van der Waals surface area contributed by atoms with E-state index >= 15 is 0 Å². The average Bonchev–Trinajstić information content (AvgIpc) is 2.82. The number of urea groups is 1. The van der Waals surface area contributed by atoms with Crippen LogP contribution >= 0.6 is 0 Å². The van der Waals surface area contributed by atoms with Gasteiger partial charge in [-0.3, -0.25) is 14.6 Å². The number of carbonyl (C=O) groups is 3. The number of piperazine rings is 1. The van der Waals surface area contributed by atoms with Gasteiger partial charge in [-0.05, 0) is 31.5 Å². The first-order chi connectivity index (χ1) is 16.3. The number of rotatable bonds is 8. The maximum absolute atomic E-state index is 13.1. The van der Waals surface area contributed by atoms with Crippen LogP contribution in [-0.4, -0.2) is 99.3 Å². The number of carbonyl (C=O) groups excluding carboxylic acids is 3. The summed E-state index contributed by atoms with van der Waals surface area (Å²) >= 11 is 0. The van der Waals surface area contributed by atoms with Crippen molar-refractivity contribution >= 4 is 17.9 Å². The third-order valence-electron chi connectivity index (χ3n) is 6.19. The van der Waals surface area contributed by atoms with E-state index in [9.17, 15) is 14.4 Å². The van der Waals surface area contributed by atoms with E-state index in [1.165, 1.54) is 12.0 Å². The number of nitrogens with one attached hydrogen (secondary N) is 1. The predicted octanol–water partition coefficient (Wildman–Crippen LogP) is 1.39. The fourth-order valence-corrected chi connectivity index (χ4v) is 4.41. The number of benzene rings is 1. The molecule has 10 heteroatoms. The Labute approximate surface area is 200 Å². The zero-order valence-electron chi connectivity index (χ0n) is 20.5. The van der Waals surface area contributed by atoms with Crippen molar-refractivity contribution in [2.45, 2.75) is 25.9 Å². The van der Waals surface area contributed by atoms with Crippen LogP contribution in [0.2, 0.25) is 0 Å². The van der Waals surface area contributed by atoms with E-state index in [0.717, 1.165) is 5.56 Å². The van der Waals surface area contributed by atoms with Gasteiger partial charge < -0.3 is 24.4 Å². The zero-order valence-corrected chi connectivity index (χ0v) is 20.5. The molecule has 1 saturated heterocycles. The third-order valence-corrected chi connectivity index (χ3v) is 6.19. The SMILES string of the molecule is CCOC(=O)C1=C(CN2CCN(C(=O)COC)C(C)C2)N(C)C(=O)NC1c1ccc(OC)cc1. The van der Waals surface area contributed by atoms with Crippen molar-refractivity contribution in [1.29, 1.82) is 0 Å². The summed E-state index contributed by atoms with van der Waals surface area (Å²) in [4.78, 5) is 43.7. The van der Waals surface area contributed by atoms with Gasteiger partial charge in [0.25, 0.3) is 0 Å². The minimum Gasteiger partial charge on any atom is -0.497 e. The molecule has 2 aliphatic rings. The lowest BCUT2D eigenvalue weighted by Crippen LogP contribution is -2.56. The molecule has 2 aliphatic heterocycles. The quantitative estimate of drug-likeness (QED) is 0.568. The highest BCUT2D eigenvalue weighted by Gasteiger charge is 2.38. The second-order valence-electron chi connectivity index (χ2n) is 8.40. The molecule has 0 aliphatic carbocycles. The van der Waals surface area contributed by atoms with Gasteiger partial charge in [-0.2, -0.15) is 0 Å². The Hall–Kier alpha value is -3.11. The van der Waals surface area contributed by atoms with Crippen molar-refractivity contribution < 1.29 is 28.6 Å². The van der Waals surface area contributed by atoms with Crippen molar-refractivity contribution in [3.63, 3.8) is 0 Å². The van der Waals surface area contributed by atoms with Crippen LogP contribution in [0.1, 0.15) is 25.5 Å². The molecular formula is C24H34N4O6. The van der Waals surface area contributed by atoms with Crippen LogP contribution in [0, 0.1) is 0 Å². The molecule has 3 rings (SSSR count). The van der Waals surface area contributed by atoms with Gasteiger partial charge in [-0.1, -0.05) is 12.1 Å². The molecule has 2 unspecified atom stereocenters. The van der Waals surface area contributed by atoms with Gasteiger partial charge in [0.15, 0.2) is 0 Å². The standard InChI is InChI=1S/C24H34N4O6/c1-6-34-23(30)21-19(14-27-11-12-28(16(2)13-27)20(29)15-32-4)26(3)24(31)25-22(21)17-7-9-18(33-5)10-8-17/h7-10,16,22H,6,11-15H2,1-5H3,(H,25,31). The van der Waals surface area contributed by atoms with Gasteiger partial charge in [0.05, 0.1) is 25.3 Å². The Bertz CT molecular complexity index is 932. The Kier molecular flexibility index (Phi) is 8.51. The Morgan fingerprint density at radius 2 is 1.85 bits per heavy atom. The van der Waals surface area contributed by atoms with Gasteiger partial charge in [-0.25, -0.2) is 9.59 Å². The van der Waals surface area contributed by atoms with Crippen molar-refractivity contribution in [2.24, 2.45) is 0 Å². The molecule has 3 amide bonds. The largest absolute Gasteiger partial charge is 0.497 e. The number of hydrogen-bond donors (Lipinski definition) is 1. The summed E-state index contributed by atoms with van der Waals surface area (Å²) in [6.45, 7) is 6.15. The lowest BCUT2D eigenvalue weighted by molar-refractivity contribution is -0.139. The van der Waals surface area contributed by atoms with E-state index in [1.54, 1.807) is 38.1 Å². The van der Waals surface area contributed by atoms with Gasteiger partial charge in [0.1, 0.15) is 12.4 Å². The van der Waals surface area contributed by atoms with Crippen molar-refractivity contribution in [3.8, 4) is 5.75 Å². The number of hydrogen-bond acceptors (Lipinski definition) is 7. The molecule has 34 heavy (non-hydrogen) atoms. The van der Waals surface area contributed by atoms with Crippen LogP contribution in [0.5, 0.6) is 5.75 Å². The molecule has 1 N–H and O–H groups in total. The summed E-state index contributed by atoms with van der Waals surface area (Å²) in [6, 6.07) is 6.27. The van der Waals surface area contributed by atoms with Crippen LogP contribution < -0.4 is 10.1 Å². The number of ether oxygens (including phenoxy) is 3. The van der Waals surface area contributed by atoms with Crippen LogP contribution in [0.25, 0.3) is 0 Å². The van der Waals surface area contributed by atoms with Crippen LogP contribution in [0.4, 0.5) is 4.79 Å².